The number of rotatable bonds is 6. The summed E-state index contributed by atoms with van der Waals surface area (Å²) in [5.74, 6) is -0.733. The molecule has 2 N–H and O–H groups in total. The molecule has 0 saturated heterocycles. The van der Waals surface area contributed by atoms with Crippen LogP contribution in [0.15, 0.2) is 31.0 Å². The number of carbonyl (C=O) groups is 1. The number of halogens is 4. The summed E-state index contributed by atoms with van der Waals surface area (Å²) in [6, 6.07) is 2.19. The number of benzene rings is 1. The number of amides is 2. The first-order valence-corrected chi connectivity index (χ1v) is 6.80. The van der Waals surface area contributed by atoms with Crippen LogP contribution in [0.2, 0.25) is 0 Å². The Morgan fingerprint density at radius 3 is 2.79 bits per heavy atom. The van der Waals surface area contributed by atoms with Gasteiger partial charge in [0, 0.05) is 12.2 Å². The molecule has 1 aromatic rings. The standard InChI is InChI=1S/C14H14F4N2O4/c1-2-22-7-3-6-19-12(21)20-9-4-5-11-10(8-9)13(15,16)24-14(17,18)23-11/h2,4-5,8H,1,3,6-7H2,(H2,19,20,21). The van der Waals surface area contributed by atoms with E-state index >= 15 is 0 Å². The monoisotopic (exact) mass is 350 g/mol. The molecule has 10 heteroatoms. The molecular weight excluding hydrogens is 336 g/mol. The Morgan fingerprint density at radius 1 is 1.33 bits per heavy atom. The summed E-state index contributed by atoms with van der Waals surface area (Å²) < 4.78 is 65.2. The molecule has 2 amide bonds. The van der Waals surface area contributed by atoms with Gasteiger partial charge >= 0.3 is 18.4 Å². The van der Waals surface area contributed by atoms with E-state index in [1.807, 2.05) is 0 Å². The van der Waals surface area contributed by atoms with Gasteiger partial charge in [-0.05, 0) is 24.6 Å². The summed E-state index contributed by atoms with van der Waals surface area (Å²) in [5.41, 5.74) is -0.948. The summed E-state index contributed by atoms with van der Waals surface area (Å²) in [7, 11) is 0. The third kappa shape index (κ3) is 4.51. The fourth-order valence-corrected chi connectivity index (χ4v) is 1.89. The zero-order valence-corrected chi connectivity index (χ0v) is 12.3. The van der Waals surface area contributed by atoms with Crippen LogP contribution in [-0.4, -0.2) is 25.5 Å². The van der Waals surface area contributed by atoms with E-state index in [4.69, 9.17) is 4.74 Å². The number of hydrogen-bond donors (Lipinski definition) is 2. The topological polar surface area (TPSA) is 68.8 Å². The molecule has 1 aliphatic rings. The van der Waals surface area contributed by atoms with E-state index in [1.165, 1.54) is 6.26 Å². The third-order valence-electron chi connectivity index (χ3n) is 2.87. The van der Waals surface area contributed by atoms with Crippen molar-refractivity contribution in [2.24, 2.45) is 0 Å². The zero-order valence-electron chi connectivity index (χ0n) is 12.3. The summed E-state index contributed by atoms with van der Waals surface area (Å²) in [4.78, 5) is 11.6. The van der Waals surface area contributed by atoms with E-state index in [-0.39, 0.29) is 12.2 Å². The Hall–Kier alpha value is -2.49. The minimum atomic E-state index is -4.43. The van der Waals surface area contributed by atoms with Gasteiger partial charge in [0.15, 0.2) is 0 Å². The van der Waals surface area contributed by atoms with E-state index in [9.17, 15) is 22.4 Å². The Morgan fingerprint density at radius 2 is 2.08 bits per heavy atom. The molecule has 6 nitrogen and oxygen atoms in total. The highest BCUT2D eigenvalue weighted by Crippen LogP contribution is 2.46. The van der Waals surface area contributed by atoms with Crippen LogP contribution in [0.5, 0.6) is 5.75 Å². The molecule has 24 heavy (non-hydrogen) atoms. The van der Waals surface area contributed by atoms with Gasteiger partial charge < -0.3 is 20.1 Å². The van der Waals surface area contributed by atoms with Gasteiger partial charge in [0.1, 0.15) is 5.75 Å². The number of carbonyl (C=O) groups excluding carboxylic acids is 1. The highest BCUT2D eigenvalue weighted by Gasteiger charge is 2.54. The Balaban J connectivity index is 1.99. The quantitative estimate of drug-likeness (QED) is 0.469. The number of anilines is 1. The van der Waals surface area contributed by atoms with Gasteiger partial charge in [0.2, 0.25) is 0 Å². The van der Waals surface area contributed by atoms with Crippen molar-refractivity contribution in [1.29, 1.82) is 0 Å². The predicted octanol–water partition coefficient (Wildman–Crippen LogP) is 3.37. The average molecular weight is 350 g/mol. The maximum Gasteiger partial charge on any atom is 0.540 e. The molecule has 0 fully saturated rings. The Bertz CT molecular complexity index is 625. The molecule has 0 spiro atoms. The lowest BCUT2D eigenvalue weighted by atomic mass is 10.1. The van der Waals surface area contributed by atoms with Crippen molar-refractivity contribution in [3.63, 3.8) is 0 Å². The first kappa shape index (κ1) is 17.9. The second-order valence-corrected chi connectivity index (χ2v) is 4.67. The average Bonchev–Trinajstić information content (AvgIpc) is 2.46. The molecule has 1 heterocycles. The van der Waals surface area contributed by atoms with Crippen LogP contribution in [0.4, 0.5) is 28.0 Å². The van der Waals surface area contributed by atoms with Crippen LogP contribution in [0.3, 0.4) is 0 Å². The maximum atomic E-state index is 13.6. The van der Waals surface area contributed by atoms with Crippen LogP contribution >= 0.6 is 0 Å². The molecular formula is C14H14F4N2O4. The van der Waals surface area contributed by atoms with E-state index in [0.717, 1.165) is 18.2 Å². The Kier molecular flexibility index (Phi) is 5.17. The summed E-state index contributed by atoms with van der Waals surface area (Å²) in [5, 5.41) is 4.77. The molecule has 0 bridgehead atoms. The maximum absolute atomic E-state index is 13.6. The third-order valence-corrected chi connectivity index (χ3v) is 2.87. The van der Waals surface area contributed by atoms with Gasteiger partial charge in [-0.3, -0.25) is 0 Å². The molecule has 132 valence electrons. The zero-order chi connectivity index (χ0) is 17.8. The second-order valence-electron chi connectivity index (χ2n) is 4.67. The minimum absolute atomic E-state index is 0.0364. The van der Waals surface area contributed by atoms with Crippen LogP contribution < -0.4 is 15.4 Å². The molecule has 0 aliphatic carbocycles. The van der Waals surface area contributed by atoms with E-state index in [2.05, 4.69) is 26.7 Å². The number of ether oxygens (including phenoxy) is 3. The number of nitrogens with one attached hydrogen (secondary N) is 2. The fraction of sp³-hybridized carbons (Fsp3) is 0.357. The van der Waals surface area contributed by atoms with Crippen LogP contribution in [0.1, 0.15) is 12.0 Å². The number of hydrogen-bond acceptors (Lipinski definition) is 4. The molecule has 0 aromatic heterocycles. The summed E-state index contributed by atoms with van der Waals surface area (Å²) in [6.07, 6.45) is -6.91. The lowest BCUT2D eigenvalue weighted by Gasteiger charge is -2.30. The lowest BCUT2D eigenvalue weighted by Crippen LogP contribution is -2.41. The number of urea groups is 1. The van der Waals surface area contributed by atoms with Gasteiger partial charge in [-0.15, -0.1) is 8.78 Å². The van der Waals surface area contributed by atoms with E-state index < -0.39 is 29.7 Å². The van der Waals surface area contributed by atoms with Crippen molar-refractivity contribution in [3.8, 4) is 5.75 Å². The van der Waals surface area contributed by atoms with Crippen molar-refractivity contribution in [2.45, 2.75) is 18.8 Å². The van der Waals surface area contributed by atoms with E-state index in [0.29, 0.717) is 13.0 Å². The van der Waals surface area contributed by atoms with Gasteiger partial charge in [-0.2, -0.15) is 8.78 Å². The van der Waals surface area contributed by atoms with Crippen molar-refractivity contribution in [3.05, 3.63) is 36.6 Å². The van der Waals surface area contributed by atoms with Gasteiger partial charge in [-0.25, -0.2) is 9.53 Å². The SMILES string of the molecule is C=COCCCNC(=O)Nc1ccc2c(c1)C(F)(F)OC(F)(F)O2. The molecule has 1 aliphatic heterocycles. The van der Waals surface area contributed by atoms with Gasteiger partial charge in [0.05, 0.1) is 18.4 Å². The summed E-state index contributed by atoms with van der Waals surface area (Å²) >= 11 is 0. The molecule has 0 saturated carbocycles. The van der Waals surface area contributed by atoms with Crippen LogP contribution in [0, 0.1) is 0 Å². The van der Waals surface area contributed by atoms with Crippen molar-refractivity contribution < 1.29 is 36.6 Å². The number of alkyl halides is 4. The molecule has 0 atom stereocenters. The van der Waals surface area contributed by atoms with Gasteiger partial charge in [-0.1, -0.05) is 6.58 Å². The molecule has 0 radical (unpaired) electrons. The lowest BCUT2D eigenvalue weighted by molar-refractivity contribution is -0.461. The highest BCUT2D eigenvalue weighted by atomic mass is 19.3. The normalized spacial score (nSPS) is 17.2. The minimum Gasteiger partial charge on any atom is -0.502 e. The largest absolute Gasteiger partial charge is 0.540 e. The van der Waals surface area contributed by atoms with Crippen LogP contribution in [0.25, 0.3) is 0 Å². The van der Waals surface area contributed by atoms with Gasteiger partial charge in [0.25, 0.3) is 0 Å². The van der Waals surface area contributed by atoms with E-state index in [1.54, 1.807) is 0 Å². The fourth-order valence-electron chi connectivity index (χ4n) is 1.89. The number of fused-ring (bicyclic) bond motifs is 1. The smallest absolute Gasteiger partial charge is 0.502 e. The van der Waals surface area contributed by atoms with Crippen LogP contribution in [-0.2, 0) is 15.6 Å². The molecule has 0 unspecified atom stereocenters. The first-order valence-electron chi connectivity index (χ1n) is 6.80. The van der Waals surface area contributed by atoms with Crippen molar-refractivity contribution >= 4 is 11.7 Å². The van der Waals surface area contributed by atoms with Crippen molar-refractivity contribution in [1.82, 2.24) is 5.32 Å². The Labute approximate surface area is 134 Å². The molecule has 2 rings (SSSR count). The highest BCUT2D eigenvalue weighted by molar-refractivity contribution is 5.89. The second kappa shape index (κ2) is 6.95. The summed E-state index contributed by atoms with van der Waals surface area (Å²) in [6.45, 7) is 3.99. The van der Waals surface area contributed by atoms with Crippen molar-refractivity contribution in [2.75, 3.05) is 18.5 Å². The molecule has 1 aromatic carbocycles. The predicted molar refractivity (Wildman–Crippen MR) is 74.8 cm³/mol. The first-order chi connectivity index (χ1) is 11.2.